The number of anilines is 1. The minimum Gasteiger partial charge on any atom is -0.399 e. The summed E-state index contributed by atoms with van der Waals surface area (Å²) in [7, 11) is -3.31. The predicted octanol–water partition coefficient (Wildman–Crippen LogP) is 3.68. The summed E-state index contributed by atoms with van der Waals surface area (Å²) in [5.74, 6) is 0.108. The Bertz CT molecular complexity index is 722. The lowest BCUT2D eigenvalue weighted by Gasteiger charge is -2.09. The fourth-order valence-electron chi connectivity index (χ4n) is 2.13. The van der Waals surface area contributed by atoms with E-state index < -0.39 is 9.84 Å². The fraction of sp³-hybridized carbons (Fsp3) is 0.176. The van der Waals surface area contributed by atoms with Gasteiger partial charge in [-0.1, -0.05) is 36.4 Å². The van der Waals surface area contributed by atoms with Crippen LogP contribution in [-0.4, -0.2) is 14.2 Å². The summed E-state index contributed by atoms with van der Waals surface area (Å²) in [4.78, 5) is 0.283. The molecule has 2 aromatic rings. The van der Waals surface area contributed by atoms with Crippen LogP contribution < -0.4 is 5.73 Å². The maximum atomic E-state index is 12.4. The molecule has 0 amide bonds. The standard InChI is InChI=1S/C17H19NO2S/c1-2-3-7-10-21(19,20)17-12-15(11-16(18)13-17)14-8-5-4-6-9-14/h2,4-6,8-9,11-13H,1,3,7,10,18H2. The van der Waals surface area contributed by atoms with Gasteiger partial charge in [0, 0.05) is 5.69 Å². The normalized spacial score (nSPS) is 11.2. The van der Waals surface area contributed by atoms with Gasteiger partial charge in [-0.3, -0.25) is 0 Å². The first-order chi connectivity index (χ1) is 10.0. The molecule has 2 N–H and O–H groups in total. The monoisotopic (exact) mass is 301 g/mol. The number of hydrogen-bond donors (Lipinski definition) is 1. The molecule has 0 saturated heterocycles. The Morgan fingerprint density at radius 3 is 2.43 bits per heavy atom. The average molecular weight is 301 g/mol. The lowest BCUT2D eigenvalue weighted by atomic mass is 10.1. The first kappa shape index (κ1) is 15.3. The zero-order valence-electron chi connectivity index (χ0n) is 11.8. The van der Waals surface area contributed by atoms with Crippen LogP contribution in [0, 0.1) is 0 Å². The molecule has 0 aliphatic heterocycles. The van der Waals surface area contributed by atoms with Crippen LogP contribution in [0.25, 0.3) is 11.1 Å². The lowest BCUT2D eigenvalue weighted by molar-refractivity contribution is 0.593. The Morgan fingerprint density at radius 1 is 1.05 bits per heavy atom. The summed E-state index contributed by atoms with van der Waals surface area (Å²) in [6.07, 6.45) is 2.98. The molecule has 2 aromatic carbocycles. The summed E-state index contributed by atoms with van der Waals surface area (Å²) < 4.78 is 24.7. The lowest BCUT2D eigenvalue weighted by Crippen LogP contribution is -2.07. The van der Waals surface area contributed by atoms with Gasteiger partial charge in [0.1, 0.15) is 0 Å². The van der Waals surface area contributed by atoms with Crippen molar-refractivity contribution in [3.63, 3.8) is 0 Å². The van der Waals surface area contributed by atoms with Gasteiger partial charge in [-0.15, -0.1) is 6.58 Å². The number of hydrogen-bond acceptors (Lipinski definition) is 3. The van der Waals surface area contributed by atoms with Crippen LogP contribution in [0.15, 0.2) is 66.1 Å². The van der Waals surface area contributed by atoms with Crippen molar-refractivity contribution in [1.29, 1.82) is 0 Å². The highest BCUT2D eigenvalue weighted by Gasteiger charge is 2.15. The van der Waals surface area contributed by atoms with Crippen molar-refractivity contribution in [2.24, 2.45) is 0 Å². The molecule has 110 valence electrons. The molecular weight excluding hydrogens is 282 g/mol. The Hall–Kier alpha value is -2.07. The van der Waals surface area contributed by atoms with Gasteiger partial charge in [-0.25, -0.2) is 8.42 Å². The van der Waals surface area contributed by atoms with Crippen LogP contribution in [0.1, 0.15) is 12.8 Å². The highest BCUT2D eigenvalue weighted by molar-refractivity contribution is 7.91. The fourth-order valence-corrected chi connectivity index (χ4v) is 3.54. The quantitative estimate of drug-likeness (QED) is 0.503. The maximum absolute atomic E-state index is 12.4. The van der Waals surface area contributed by atoms with E-state index >= 15 is 0 Å². The number of nitrogen functional groups attached to an aromatic ring is 1. The van der Waals surface area contributed by atoms with Crippen molar-refractivity contribution in [1.82, 2.24) is 0 Å². The second-order valence-electron chi connectivity index (χ2n) is 4.91. The van der Waals surface area contributed by atoms with Crippen LogP contribution >= 0.6 is 0 Å². The van der Waals surface area contributed by atoms with Crippen LogP contribution in [0.4, 0.5) is 5.69 Å². The molecule has 0 aliphatic carbocycles. The highest BCUT2D eigenvalue weighted by atomic mass is 32.2. The SMILES string of the molecule is C=CCCCS(=O)(=O)c1cc(N)cc(-c2ccccc2)c1. The van der Waals surface area contributed by atoms with Crippen LogP contribution in [0.2, 0.25) is 0 Å². The van der Waals surface area contributed by atoms with E-state index in [0.29, 0.717) is 18.5 Å². The number of allylic oxidation sites excluding steroid dienone is 1. The Labute approximate surface area is 126 Å². The first-order valence-electron chi connectivity index (χ1n) is 6.82. The maximum Gasteiger partial charge on any atom is 0.178 e. The molecule has 0 aliphatic rings. The molecule has 3 nitrogen and oxygen atoms in total. The third-order valence-electron chi connectivity index (χ3n) is 3.22. The van der Waals surface area contributed by atoms with Crippen molar-refractivity contribution in [2.45, 2.75) is 17.7 Å². The van der Waals surface area contributed by atoms with Crippen molar-refractivity contribution >= 4 is 15.5 Å². The molecule has 0 heterocycles. The van der Waals surface area contributed by atoms with E-state index in [4.69, 9.17) is 5.73 Å². The van der Waals surface area contributed by atoms with Crippen molar-refractivity contribution in [3.05, 3.63) is 61.2 Å². The Balaban J connectivity index is 2.37. The molecule has 2 rings (SSSR count). The van der Waals surface area contributed by atoms with Gasteiger partial charge < -0.3 is 5.73 Å². The summed E-state index contributed by atoms with van der Waals surface area (Å²) in [5.41, 5.74) is 8.09. The number of benzene rings is 2. The van der Waals surface area contributed by atoms with E-state index in [0.717, 1.165) is 11.1 Å². The molecule has 0 radical (unpaired) electrons. The number of nitrogens with two attached hydrogens (primary N) is 1. The average Bonchev–Trinajstić information content (AvgIpc) is 2.48. The van der Waals surface area contributed by atoms with Crippen LogP contribution in [0.5, 0.6) is 0 Å². The van der Waals surface area contributed by atoms with E-state index in [2.05, 4.69) is 6.58 Å². The molecule has 0 aromatic heterocycles. The molecule has 0 atom stereocenters. The van der Waals surface area contributed by atoms with E-state index in [9.17, 15) is 8.42 Å². The zero-order chi connectivity index (χ0) is 15.3. The molecule has 0 bridgehead atoms. The van der Waals surface area contributed by atoms with Gasteiger partial charge in [0.2, 0.25) is 0 Å². The summed E-state index contributed by atoms with van der Waals surface area (Å²) in [6, 6.07) is 14.6. The third kappa shape index (κ3) is 3.95. The second kappa shape index (κ2) is 6.59. The van der Waals surface area contributed by atoms with Crippen LogP contribution in [-0.2, 0) is 9.84 Å². The van der Waals surface area contributed by atoms with E-state index in [1.165, 1.54) is 6.07 Å². The van der Waals surface area contributed by atoms with Crippen molar-refractivity contribution in [3.8, 4) is 11.1 Å². The minimum absolute atomic E-state index is 0.108. The van der Waals surface area contributed by atoms with Crippen LogP contribution in [0.3, 0.4) is 0 Å². The van der Waals surface area contributed by atoms with Gasteiger partial charge >= 0.3 is 0 Å². The number of sulfone groups is 1. The van der Waals surface area contributed by atoms with Gasteiger partial charge in [-0.2, -0.15) is 0 Å². The number of unbranched alkanes of at least 4 members (excludes halogenated alkanes) is 1. The largest absolute Gasteiger partial charge is 0.399 e. The van der Waals surface area contributed by atoms with Gasteiger partial charge in [0.25, 0.3) is 0 Å². The van der Waals surface area contributed by atoms with Crippen molar-refractivity contribution in [2.75, 3.05) is 11.5 Å². The van der Waals surface area contributed by atoms with E-state index in [1.807, 2.05) is 30.3 Å². The van der Waals surface area contributed by atoms with E-state index in [-0.39, 0.29) is 10.6 Å². The minimum atomic E-state index is -3.31. The highest BCUT2D eigenvalue weighted by Crippen LogP contribution is 2.26. The van der Waals surface area contributed by atoms with E-state index in [1.54, 1.807) is 18.2 Å². The van der Waals surface area contributed by atoms with Gasteiger partial charge in [0.15, 0.2) is 9.84 Å². The predicted molar refractivity (Wildman–Crippen MR) is 87.8 cm³/mol. The Morgan fingerprint density at radius 2 is 1.76 bits per heavy atom. The zero-order valence-corrected chi connectivity index (χ0v) is 12.6. The molecule has 4 heteroatoms. The summed E-state index contributed by atoms with van der Waals surface area (Å²) in [6.45, 7) is 3.61. The first-order valence-corrected chi connectivity index (χ1v) is 8.48. The van der Waals surface area contributed by atoms with Gasteiger partial charge in [0.05, 0.1) is 10.6 Å². The van der Waals surface area contributed by atoms with Crippen molar-refractivity contribution < 1.29 is 8.42 Å². The third-order valence-corrected chi connectivity index (χ3v) is 5.00. The molecule has 0 spiro atoms. The topological polar surface area (TPSA) is 60.2 Å². The summed E-state index contributed by atoms with van der Waals surface area (Å²) in [5, 5.41) is 0. The molecule has 0 fully saturated rings. The Kier molecular flexibility index (Phi) is 4.81. The molecule has 0 unspecified atom stereocenters. The second-order valence-corrected chi connectivity index (χ2v) is 7.02. The smallest absolute Gasteiger partial charge is 0.178 e. The molecule has 0 saturated carbocycles. The molecule has 21 heavy (non-hydrogen) atoms. The van der Waals surface area contributed by atoms with Gasteiger partial charge in [-0.05, 0) is 42.2 Å². The molecular formula is C17H19NO2S. The number of rotatable bonds is 6. The summed E-state index contributed by atoms with van der Waals surface area (Å²) >= 11 is 0.